The zero-order valence-electron chi connectivity index (χ0n) is 13.6. The van der Waals surface area contributed by atoms with Crippen molar-refractivity contribution < 1.29 is 13.2 Å². The van der Waals surface area contributed by atoms with Gasteiger partial charge in [-0.2, -0.15) is 17.0 Å². The van der Waals surface area contributed by atoms with Crippen LogP contribution in [0.1, 0.15) is 34.0 Å². The predicted molar refractivity (Wildman–Crippen MR) is 94.3 cm³/mol. The first kappa shape index (κ1) is 17.3. The van der Waals surface area contributed by atoms with Gasteiger partial charge in [-0.1, -0.05) is 6.07 Å². The van der Waals surface area contributed by atoms with E-state index in [0.29, 0.717) is 18.0 Å². The van der Waals surface area contributed by atoms with Crippen LogP contribution in [0.3, 0.4) is 0 Å². The average Bonchev–Trinajstić information content (AvgIpc) is 2.94. The van der Waals surface area contributed by atoms with E-state index in [1.165, 1.54) is 34.0 Å². The Bertz CT molecular complexity index is 876. The third-order valence-electron chi connectivity index (χ3n) is 4.31. The lowest BCUT2D eigenvalue weighted by atomic mass is 9.90. The van der Waals surface area contributed by atoms with Gasteiger partial charge in [0.05, 0.1) is 4.88 Å². The molecule has 1 atom stereocenters. The number of fused-ring (bicyclic) bond motifs is 1. The molecule has 3 heterocycles. The van der Waals surface area contributed by atoms with Crippen LogP contribution in [0.15, 0.2) is 18.3 Å². The fraction of sp³-hybridized carbons (Fsp3) is 0.467. The molecule has 3 rings (SSSR count). The van der Waals surface area contributed by atoms with Crippen molar-refractivity contribution in [3.63, 3.8) is 0 Å². The molecule has 2 N–H and O–H groups in total. The molecule has 1 aliphatic heterocycles. The van der Waals surface area contributed by atoms with Gasteiger partial charge in [-0.15, -0.1) is 11.3 Å². The summed E-state index contributed by atoms with van der Waals surface area (Å²) >= 11 is 1.28. The molecule has 7 nitrogen and oxygen atoms in total. The Hall–Kier alpha value is -1.55. The third kappa shape index (κ3) is 2.92. The molecule has 0 aliphatic carbocycles. The second-order valence-corrected chi connectivity index (χ2v) is 9.19. The van der Waals surface area contributed by atoms with E-state index in [4.69, 9.17) is 5.73 Å². The van der Waals surface area contributed by atoms with E-state index in [1.54, 1.807) is 6.20 Å². The lowest BCUT2D eigenvalue weighted by Crippen LogP contribution is -2.45. The van der Waals surface area contributed by atoms with Crippen molar-refractivity contribution in [3.8, 4) is 0 Å². The van der Waals surface area contributed by atoms with Crippen molar-refractivity contribution in [2.45, 2.75) is 18.8 Å². The maximum Gasteiger partial charge on any atom is 0.281 e. The number of nitrogens with zero attached hydrogens (tertiary/aromatic N) is 3. The maximum absolute atomic E-state index is 12.4. The molecule has 0 aromatic carbocycles. The molecule has 0 spiro atoms. The number of thiophene rings is 1. The first-order valence-electron chi connectivity index (χ1n) is 7.67. The second kappa shape index (κ2) is 6.40. The number of carbonyl (C=O) groups excluding carboxylic acids is 1. The molecule has 1 fully saturated rings. The summed E-state index contributed by atoms with van der Waals surface area (Å²) in [6.07, 6.45) is 3.24. The number of rotatable bonds is 4. The molecular formula is C15H20N4O3S2. The number of carbonyl (C=O) groups is 1. The number of amides is 1. The Morgan fingerprint density at radius 3 is 2.88 bits per heavy atom. The zero-order valence-corrected chi connectivity index (χ0v) is 15.2. The molecule has 2 aromatic rings. The Kier molecular flexibility index (Phi) is 4.60. The van der Waals surface area contributed by atoms with Gasteiger partial charge < -0.3 is 5.73 Å². The van der Waals surface area contributed by atoms with Gasteiger partial charge in [0.2, 0.25) is 0 Å². The van der Waals surface area contributed by atoms with Crippen LogP contribution >= 0.6 is 11.3 Å². The Morgan fingerprint density at radius 1 is 1.46 bits per heavy atom. The summed E-state index contributed by atoms with van der Waals surface area (Å²) in [4.78, 5) is 17.4. The molecule has 24 heavy (non-hydrogen) atoms. The highest BCUT2D eigenvalue weighted by Gasteiger charge is 2.34. The summed E-state index contributed by atoms with van der Waals surface area (Å²) in [5, 5.41) is 0.894. The molecule has 0 saturated carbocycles. The number of primary amides is 1. The number of hydrogen-bond donors (Lipinski definition) is 1. The highest BCUT2D eigenvalue weighted by molar-refractivity contribution is 7.86. The first-order valence-corrected chi connectivity index (χ1v) is 9.88. The van der Waals surface area contributed by atoms with E-state index in [9.17, 15) is 13.2 Å². The number of piperidine rings is 1. The number of nitrogens with two attached hydrogens (primary N) is 1. The molecule has 2 aromatic heterocycles. The van der Waals surface area contributed by atoms with Crippen molar-refractivity contribution in [1.82, 2.24) is 13.6 Å². The largest absolute Gasteiger partial charge is 0.365 e. The summed E-state index contributed by atoms with van der Waals surface area (Å²) in [5.41, 5.74) is 6.40. The summed E-state index contributed by atoms with van der Waals surface area (Å²) in [6.45, 7) is 0.838. The lowest BCUT2D eigenvalue weighted by molar-refractivity contribution is 0.100. The minimum atomic E-state index is -3.47. The molecule has 0 bridgehead atoms. The molecule has 1 amide bonds. The Morgan fingerprint density at radius 2 is 2.21 bits per heavy atom. The minimum absolute atomic E-state index is 0.0612. The van der Waals surface area contributed by atoms with Gasteiger partial charge in [0.15, 0.2) is 0 Å². The third-order valence-corrected chi connectivity index (χ3v) is 7.36. The van der Waals surface area contributed by atoms with Crippen molar-refractivity contribution >= 4 is 37.7 Å². The maximum atomic E-state index is 12.4. The SMILES string of the molecule is CN(C)S(=O)(=O)N1CCC[C@@H](c2c(C(N)=O)sc3ncccc23)C1. The van der Waals surface area contributed by atoms with E-state index < -0.39 is 16.1 Å². The molecule has 0 unspecified atom stereocenters. The van der Waals surface area contributed by atoms with Gasteiger partial charge >= 0.3 is 0 Å². The van der Waals surface area contributed by atoms with Crippen LogP contribution in [0.2, 0.25) is 0 Å². The monoisotopic (exact) mass is 368 g/mol. The average molecular weight is 368 g/mol. The normalized spacial score (nSPS) is 19.9. The van der Waals surface area contributed by atoms with Crippen LogP contribution in [-0.2, 0) is 10.2 Å². The van der Waals surface area contributed by atoms with Gasteiger partial charge in [-0.3, -0.25) is 4.79 Å². The van der Waals surface area contributed by atoms with Crippen LogP contribution in [0, 0.1) is 0 Å². The standard InChI is InChI=1S/C15H20N4O3S2/c1-18(2)24(21,22)19-8-4-5-10(9-19)12-11-6-3-7-17-15(11)23-13(12)14(16)20/h3,6-7,10H,4-5,8-9H2,1-2H3,(H2,16,20)/t10-/m1/s1. The van der Waals surface area contributed by atoms with Crippen molar-refractivity contribution in [2.24, 2.45) is 5.73 Å². The first-order chi connectivity index (χ1) is 11.3. The van der Waals surface area contributed by atoms with Crippen molar-refractivity contribution in [3.05, 3.63) is 28.8 Å². The van der Waals surface area contributed by atoms with Crippen LogP contribution in [0.4, 0.5) is 0 Å². The Balaban J connectivity index is 2.04. The molecule has 0 radical (unpaired) electrons. The molecular weight excluding hydrogens is 348 g/mol. The van der Waals surface area contributed by atoms with Crippen molar-refractivity contribution in [1.29, 1.82) is 0 Å². The highest BCUT2D eigenvalue weighted by Crippen LogP contribution is 2.39. The topological polar surface area (TPSA) is 96.6 Å². The predicted octanol–water partition coefficient (Wildman–Crippen LogP) is 1.38. The quantitative estimate of drug-likeness (QED) is 0.882. The van der Waals surface area contributed by atoms with E-state index in [2.05, 4.69) is 4.98 Å². The summed E-state index contributed by atoms with van der Waals surface area (Å²) in [6, 6.07) is 3.74. The van der Waals surface area contributed by atoms with E-state index in [0.717, 1.165) is 28.6 Å². The summed E-state index contributed by atoms with van der Waals surface area (Å²) in [7, 11) is -0.421. The number of pyridine rings is 1. The number of hydrogen-bond acceptors (Lipinski definition) is 5. The molecule has 9 heteroatoms. The fourth-order valence-corrected chi connectivity index (χ4v) is 5.43. The van der Waals surface area contributed by atoms with Crippen LogP contribution in [-0.4, -0.2) is 55.1 Å². The van der Waals surface area contributed by atoms with Gasteiger partial charge in [0.1, 0.15) is 4.83 Å². The van der Waals surface area contributed by atoms with Crippen LogP contribution in [0.5, 0.6) is 0 Å². The van der Waals surface area contributed by atoms with E-state index >= 15 is 0 Å². The summed E-state index contributed by atoms with van der Waals surface area (Å²) < 4.78 is 27.6. The highest BCUT2D eigenvalue weighted by atomic mass is 32.2. The Labute approximate surface area is 145 Å². The van der Waals surface area contributed by atoms with E-state index in [-0.39, 0.29) is 5.92 Å². The minimum Gasteiger partial charge on any atom is -0.365 e. The van der Waals surface area contributed by atoms with Crippen LogP contribution < -0.4 is 5.73 Å². The van der Waals surface area contributed by atoms with Crippen molar-refractivity contribution in [2.75, 3.05) is 27.2 Å². The van der Waals surface area contributed by atoms with Gasteiger partial charge in [0.25, 0.3) is 16.1 Å². The number of aromatic nitrogens is 1. The molecule has 1 aliphatic rings. The fourth-order valence-electron chi connectivity index (χ4n) is 3.16. The second-order valence-electron chi connectivity index (χ2n) is 6.05. The van der Waals surface area contributed by atoms with Gasteiger partial charge in [0, 0.05) is 44.7 Å². The lowest BCUT2D eigenvalue weighted by Gasteiger charge is -2.33. The molecule has 1 saturated heterocycles. The zero-order chi connectivity index (χ0) is 17.5. The summed E-state index contributed by atoms with van der Waals surface area (Å²) in [5.74, 6) is -0.547. The van der Waals surface area contributed by atoms with Gasteiger partial charge in [-0.25, -0.2) is 4.98 Å². The molecule has 130 valence electrons. The smallest absolute Gasteiger partial charge is 0.281 e. The van der Waals surface area contributed by atoms with E-state index in [1.807, 2.05) is 12.1 Å². The van der Waals surface area contributed by atoms with Gasteiger partial charge in [-0.05, 0) is 24.5 Å². The van der Waals surface area contributed by atoms with Crippen LogP contribution in [0.25, 0.3) is 10.2 Å².